The first-order valence-corrected chi connectivity index (χ1v) is 22.9. The van der Waals surface area contributed by atoms with Gasteiger partial charge in [-0.15, -0.1) is 0 Å². The van der Waals surface area contributed by atoms with Gasteiger partial charge in [-0.25, -0.2) is 0 Å². The first-order chi connectivity index (χ1) is 27.5. The molecule has 0 bridgehead atoms. The number of aliphatic hydroxyl groups is 1. The van der Waals surface area contributed by atoms with Crippen molar-refractivity contribution in [3.63, 3.8) is 0 Å². The molecule has 0 aromatic heterocycles. The van der Waals surface area contributed by atoms with Crippen LogP contribution in [-0.2, 0) is 18.4 Å². The van der Waals surface area contributed by atoms with Crippen molar-refractivity contribution in [3.05, 3.63) is 122 Å². The summed E-state index contributed by atoms with van der Waals surface area (Å²) in [4.78, 5) is 25.2. The molecule has 3 atom stereocenters. The van der Waals surface area contributed by atoms with E-state index in [1.807, 2.05) is 27.2 Å². The minimum atomic E-state index is -4.62. The van der Waals surface area contributed by atoms with Crippen LogP contribution < -0.4 is 10.2 Å². The van der Waals surface area contributed by atoms with Gasteiger partial charge < -0.3 is 28.8 Å². The van der Waals surface area contributed by atoms with E-state index in [0.29, 0.717) is 23.9 Å². The van der Waals surface area contributed by atoms with Crippen molar-refractivity contribution in [2.45, 2.75) is 135 Å². The minimum Gasteiger partial charge on any atom is -0.756 e. The third-order valence-electron chi connectivity index (χ3n) is 8.38. The molecule has 0 aliphatic heterocycles. The van der Waals surface area contributed by atoms with Crippen LogP contribution in [0.5, 0.6) is 0 Å². The molecule has 3 unspecified atom stereocenters. The molecule has 0 aromatic rings. The number of carbonyl (C=O) groups excluding carboxylic acids is 1. The Hall–Kier alpha value is -3.10. The lowest BCUT2D eigenvalue weighted by atomic mass is 10.1. The molecule has 2 N–H and O–H groups in total. The van der Waals surface area contributed by atoms with Crippen LogP contribution in [0.25, 0.3) is 0 Å². The summed E-state index contributed by atoms with van der Waals surface area (Å²) >= 11 is 0. The highest BCUT2D eigenvalue weighted by Crippen LogP contribution is 2.38. The number of nitrogens with one attached hydrogen (secondary N) is 1. The Balaban J connectivity index is 4.60. The van der Waals surface area contributed by atoms with Crippen molar-refractivity contribution < 1.29 is 32.9 Å². The minimum absolute atomic E-state index is 0.0277. The van der Waals surface area contributed by atoms with Crippen LogP contribution in [0.15, 0.2) is 122 Å². The van der Waals surface area contributed by atoms with Gasteiger partial charge in [0.05, 0.1) is 39.9 Å². The molecule has 0 aliphatic rings. The molecule has 57 heavy (non-hydrogen) atoms. The Morgan fingerprint density at radius 2 is 1.05 bits per heavy atom. The van der Waals surface area contributed by atoms with E-state index in [2.05, 4.69) is 129 Å². The predicted molar refractivity (Wildman–Crippen MR) is 242 cm³/mol. The third-order valence-corrected chi connectivity index (χ3v) is 9.35. The number of allylic oxidation sites excluding steroid dienone is 19. The third kappa shape index (κ3) is 40.9. The molecule has 0 fully saturated rings. The number of hydrogen-bond donors (Lipinski definition) is 2. The largest absolute Gasteiger partial charge is 0.756 e. The van der Waals surface area contributed by atoms with Gasteiger partial charge in [0, 0.05) is 6.42 Å². The average Bonchev–Trinajstić information content (AvgIpc) is 3.16. The van der Waals surface area contributed by atoms with E-state index >= 15 is 0 Å². The SMILES string of the molecule is CC/C=C\C/C=C\C/C=C\C/C=C\C/C=C\C/C=C\C/C=C\CCCC(=O)NC(COP(=O)([O-])OCC[N+](C)(C)C)C(O)/C=C/CC/C=C/CC/C=C/CCCC. The number of amides is 1. The lowest BCUT2D eigenvalue weighted by Crippen LogP contribution is -2.45. The summed E-state index contributed by atoms with van der Waals surface area (Å²) in [6, 6.07) is -0.947. The number of phosphoric acid groups is 1. The van der Waals surface area contributed by atoms with Crippen LogP contribution in [0, 0.1) is 0 Å². The number of hydrogen-bond acceptors (Lipinski definition) is 6. The molecule has 0 aliphatic carbocycles. The summed E-state index contributed by atoms with van der Waals surface area (Å²) in [5.41, 5.74) is 0. The van der Waals surface area contributed by atoms with E-state index in [4.69, 9.17) is 9.05 Å². The van der Waals surface area contributed by atoms with Crippen molar-refractivity contribution >= 4 is 13.7 Å². The van der Waals surface area contributed by atoms with Crippen LogP contribution in [0.4, 0.5) is 0 Å². The van der Waals surface area contributed by atoms with Gasteiger partial charge in [0.2, 0.25) is 5.91 Å². The number of nitrogens with zero attached hydrogens (tertiary/aromatic N) is 1. The molecule has 1 amide bonds. The maximum atomic E-state index is 12.8. The number of quaternary nitrogens is 1. The van der Waals surface area contributed by atoms with E-state index in [0.717, 1.165) is 77.0 Å². The van der Waals surface area contributed by atoms with Crippen LogP contribution >= 0.6 is 7.82 Å². The Morgan fingerprint density at radius 1 is 0.632 bits per heavy atom. The van der Waals surface area contributed by atoms with E-state index < -0.39 is 26.6 Å². The van der Waals surface area contributed by atoms with Crippen molar-refractivity contribution in [1.29, 1.82) is 0 Å². The lowest BCUT2D eigenvalue weighted by Gasteiger charge is -2.29. The first kappa shape index (κ1) is 53.9. The van der Waals surface area contributed by atoms with Crippen LogP contribution in [-0.4, -0.2) is 68.5 Å². The zero-order chi connectivity index (χ0) is 42.1. The van der Waals surface area contributed by atoms with E-state index in [1.165, 1.54) is 12.8 Å². The molecular formula is C48H79N2O6P. The molecule has 0 saturated heterocycles. The second-order valence-electron chi connectivity index (χ2n) is 14.9. The van der Waals surface area contributed by atoms with Gasteiger partial charge in [-0.1, -0.05) is 148 Å². The Bertz CT molecular complexity index is 1330. The number of phosphoric ester groups is 1. The fraction of sp³-hybridized carbons (Fsp3) is 0.562. The first-order valence-electron chi connectivity index (χ1n) is 21.4. The van der Waals surface area contributed by atoms with Gasteiger partial charge in [-0.05, 0) is 89.9 Å². The van der Waals surface area contributed by atoms with E-state index in [-0.39, 0.29) is 18.9 Å². The molecule has 8 nitrogen and oxygen atoms in total. The van der Waals surface area contributed by atoms with Crippen LogP contribution in [0.2, 0.25) is 0 Å². The molecular weight excluding hydrogens is 732 g/mol. The Labute approximate surface area is 348 Å². The maximum Gasteiger partial charge on any atom is 0.268 e. The van der Waals surface area contributed by atoms with E-state index in [9.17, 15) is 19.4 Å². The number of rotatable bonds is 36. The zero-order valence-corrected chi connectivity index (χ0v) is 37.1. The average molecular weight is 811 g/mol. The number of likely N-dealkylation sites (N-methyl/N-ethyl adjacent to an activating group) is 1. The van der Waals surface area contributed by atoms with Crippen LogP contribution in [0.3, 0.4) is 0 Å². The number of carbonyl (C=O) groups is 1. The highest BCUT2D eigenvalue weighted by molar-refractivity contribution is 7.45. The summed E-state index contributed by atoms with van der Waals surface area (Å²) in [5, 5.41) is 13.7. The zero-order valence-electron chi connectivity index (χ0n) is 36.2. The fourth-order valence-corrected chi connectivity index (χ4v) is 5.70. The topological polar surface area (TPSA) is 108 Å². The molecule has 322 valence electrons. The molecule has 0 heterocycles. The second kappa shape index (κ2) is 38.4. The van der Waals surface area contributed by atoms with Crippen molar-refractivity contribution in [3.8, 4) is 0 Å². The normalized spacial score (nSPS) is 15.6. The molecule has 0 aromatic carbocycles. The maximum absolute atomic E-state index is 12.8. The second-order valence-corrected chi connectivity index (χ2v) is 16.3. The van der Waals surface area contributed by atoms with Gasteiger partial charge >= 0.3 is 0 Å². The van der Waals surface area contributed by atoms with Gasteiger partial charge in [0.1, 0.15) is 13.2 Å². The monoisotopic (exact) mass is 811 g/mol. The highest BCUT2D eigenvalue weighted by Gasteiger charge is 2.23. The molecule has 0 spiro atoms. The fourth-order valence-electron chi connectivity index (χ4n) is 4.98. The van der Waals surface area contributed by atoms with Crippen molar-refractivity contribution in [1.82, 2.24) is 5.32 Å². The molecule has 0 saturated carbocycles. The lowest BCUT2D eigenvalue weighted by molar-refractivity contribution is -0.870. The summed E-state index contributed by atoms with van der Waals surface area (Å²) in [6.07, 6.45) is 56.9. The van der Waals surface area contributed by atoms with Gasteiger partial charge in [0.15, 0.2) is 0 Å². The predicted octanol–water partition coefficient (Wildman–Crippen LogP) is 11.3. The standard InChI is InChI=1S/C48H79N2O6P/c1-6-8-10-12-14-16-18-20-21-22-23-24-25-26-27-28-29-30-32-34-36-38-40-42-48(52)49-46(45-56-57(53,54)55-44-43-50(3,4)5)47(51)41-39-37-35-33-31-19-17-15-13-11-9-7-2/h8,10,13-16,20-21,23-24,26-27,29-31,33-34,36,39,41,46-47,51H,6-7,9,11-12,17-19,22,25,28,32,35,37-38,40,42-45H2,1-5H3,(H-,49,52,53,54)/b10-8-,15-13+,16-14-,21-20-,24-23-,27-26-,30-29-,33-31+,36-34-,41-39+. The van der Waals surface area contributed by atoms with Gasteiger partial charge in [-0.3, -0.25) is 9.36 Å². The van der Waals surface area contributed by atoms with Gasteiger partial charge in [-0.2, -0.15) is 0 Å². The van der Waals surface area contributed by atoms with Crippen molar-refractivity contribution in [2.75, 3.05) is 40.9 Å². The molecule has 0 rings (SSSR count). The summed E-state index contributed by atoms with van der Waals surface area (Å²) in [6.45, 7) is 4.36. The highest BCUT2D eigenvalue weighted by atomic mass is 31.2. The van der Waals surface area contributed by atoms with Gasteiger partial charge in [0.25, 0.3) is 7.82 Å². The molecule has 9 heteroatoms. The number of aliphatic hydroxyl groups excluding tert-OH is 1. The Morgan fingerprint density at radius 3 is 1.53 bits per heavy atom. The van der Waals surface area contributed by atoms with Crippen molar-refractivity contribution in [2.24, 2.45) is 0 Å². The molecule has 0 radical (unpaired) electrons. The van der Waals surface area contributed by atoms with Crippen LogP contribution in [0.1, 0.15) is 123 Å². The quantitative estimate of drug-likeness (QED) is 0.0282. The summed E-state index contributed by atoms with van der Waals surface area (Å²) in [7, 11) is 1.17. The Kier molecular flexibility index (Phi) is 36.3. The van der Waals surface area contributed by atoms with E-state index in [1.54, 1.807) is 6.08 Å². The number of unbranched alkanes of at least 4 members (excludes halogenated alkanes) is 5. The summed E-state index contributed by atoms with van der Waals surface area (Å²) < 4.78 is 23.1. The smallest absolute Gasteiger partial charge is 0.268 e. The summed E-state index contributed by atoms with van der Waals surface area (Å²) in [5.74, 6) is -0.278.